The zero-order chi connectivity index (χ0) is 22.0. The van der Waals surface area contributed by atoms with Crippen molar-refractivity contribution in [1.29, 1.82) is 0 Å². The van der Waals surface area contributed by atoms with E-state index in [0.29, 0.717) is 9.47 Å². The van der Waals surface area contributed by atoms with E-state index in [1.165, 1.54) is 24.5 Å². The summed E-state index contributed by atoms with van der Waals surface area (Å²) in [6.45, 7) is 3.27. The van der Waals surface area contributed by atoms with E-state index >= 15 is 0 Å². The van der Waals surface area contributed by atoms with Crippen LogP contribution in [0.4, 0.5) is 24.0 Å². The van der Waals surface area contributed by atoms with Crippen LogP contribution >= 0.6 is 23.1 Å². The molecule has 0 bridgehead atoms. The number of nitrogens with zero attached hydrogens (tertiary/aromatic N) is 2. The maximum absolute atomic E-state index is 13.0. The van der Waals surface area contributed by atoms with Gasteiger partial charge in [0.1, 0.15) is 12.4 Å². The molecule has 0 atom stereocenters. The first-order chi connectivity index (χ1) is 14.3. The Morgan fingerprint density at radius 1 is 1.27 bits per heavy atom. The number of hydrogen-bond donors (Lipinski definition) is 2. The number of nitrogens with one attached hydrogen (secondary N) is 2. The average molecular weight is 465 g/mol. The van der Waals surface area contributed by atoms with Crippen molar-refractivity contribution in [2.75, 3.05) is 43.3 Å². The summed E-state index contributed by atoms with van der Waals surface area (Å²) in [6.07, 6.45) is -2.47. The summed E-state index contributed by atoms with van der Waals surface area (Å²) in [7, 11) is 1.48. The van der Waals surface area contributed by atoms with Gasteiger partial charge in [-0.2, -0.15) is 13.2 Å². The molecule has 1 aromatic carbocycles. The number of ether oxygens (including phenoxy) is 2. The van der Waals surface area contributed by atoms with Crippen molar-refractivity contribution < 1.29 is 27.4 Å². The van der Waals surface area contributed by atoms with E-state index in [1.807, 2.05) is 0 Å². The van der Waals surface area contributed by atoms with Gasteiger partial charge in [0.05, 0.1) is 23.6 Å². The third kappa shape index (κ3) is 8.00. The van der Waals surface area contributed by atoms with Crippen LogP contribution in [0.25, 0.3) is 0 Å². The molecule has 0 spiro atoms. The molecular formula is C18H23F3N4O3S2. The quantitative estimate of drug-likeness (QED) is 0.353. The van der Waals surface area contributed by atoms with E-state index in [1.54, 1.807) is 0 Å². The fourth-order valence-electron chi connectivity index (χ4n) is 2.19. The van der Waals surface area contributed by atoms with E-state index in [9.17, 15) is 18.0 Å². The number of rotatable bonds is 12. The number of methoxy groups -OCH3 is 1. The van der Waals surface area contributed by atoms with Crippen LogP contribution in [-0.4, -0.2) is 48.7 Å². The predicted octanol–water partition coefficient (Wildman–Crippen LogP) is 4.52. The summed E-state index contributed by atoms with van der Waals surface area (Å²) in [5.74, 6) is -0.375. The molecule has 1 aromatic heterocycles. The molecule has 2 aromatic rings. The minimum atomic E-state index is -4.53. The number of halogens is 3. The number of unbranched alkanes of at least 4 members (excludes halogenated alkanes) is 1. The first kappa shape index (κ1) is 24.2. The molecule has 0 aliphatic heterocycles. The van der Waals surface area contributed by atoms with E-state index in [0.717, 1.165) is 43.3 Å². The highest BCUT2D eigenvalue weighted by Gasteiger charge is 2.31. The lowest BCUT2D eigenvalue weighted by Gasteiger charge is -2.15. The number of aromatic nitrogens is 2. The van der Waals surface area contributed by atoms with Crippen molar-refractivity contribution >= 4 is 39.8 Å². The Morgan fingerprint density at radius 3 is 2.77 bits per heavy atom. The number of alkyl halides is 3. The Hall–Kier alpha value is -2.05. The second-order valence-corrected chi connectivity index (χ2v) is 8.24. The molecule has 1 amide bonds. The molecule has 0 fully saturated rings. The van der Waals surface area contributed by atoms with Crippen LogP contribution in [0.2, 0.25) is 0 Å². The Labute approximate surface area is 180 Å². The van der Waals surface area contributed by atoms with E-state index in [2.05, 4.69) is 27.8 Å². The Morgan fingerprint density at radius 2 is 2.07 bits per heavy atom. The number of carbonyl (C=O) groups is 1. The van der Waals surface area contributed by atoms with Crippen molar-refractivity contribution in [2.45, 2.75) is 30.3 Å². The highest BCUT2D eigenvalue weighted by atomic mass is 32.2. The molecule has 0 unspecified atom stereocenters. The summed E-state index contributed by atoms with van der Waals surface area (Å²) in [4.78, 5) is 12.3. The molecular weight excluding hydrogens is 441 g/mol. The Kier molecular flexibility index (Phi) is 9.66. The van der Waals surface area contributed by atoms with Gasteiger partial charge in [0.15, 0.2) is 4.34 Å². The summed E-state index contributed by atoms with van der Waals surface area (Å²) < 4.78 is 50.0. The first-order valence-electron chi connectivity index (χ1n) is 9.16. The van der Waals surface area contributed by atoms with Crippen LogP contribution in [0, 0.1) is 0 Å². The number of hydrogen-bond acceptors (Lipinski definition) is 8. The lowest BCUT2D eigenvalue weighted by atomic mass is 10.1. The van der Waals surface area contributed by atoms with Gasteiger partial charge >= 0.3 is 6.18 Å². The fourth-order valence-corrected chi connectivity index (χ4v) is 3.77. The maximum atomic E-state index is 13.0. The Bertz CT molecular complexity index is 818. The number of anilines is 2. The molecule has 30 heavy (non-hydrogen) atoms. The van der Waals surface area contributed by atoms with Crippen LogP contribution in [0.3, 0.4) is 0 Å². The molecule has 0 saturated carbocycles. The van der Waals surface area contributed by atoms with Crippen LogP contribution < -0.4 is 15.4 Å². The lowest BCUT2D eigenvalue weighted by molar-refractivity contribution is -0.137. The number of amides is 1. The number of thioether (sulfide) groups is 1. The maximum Gasteiger partial charge on any atom is 0.416 e. The van der Waals surface area contributed by atoms with E-state index < -0.39 is 17.6 Å². The van der Waals surface area contributed by atoms with E-state index in [-0.39, 0.29) is 30.4 Å². The smallest absolute Gasteiger partial charge is 0.416 e. The molecule has 2 N–H and O–H groups in total. The second-order valence-electron chi connectivity index (χ2n) is 6.04. The highest BCUT2D eigenvalue weighted by Crippen LogP contribution is 2.35. The molecule has 0 aliphatic rings. The normalized spacial score (nSPS) is 11.4. The molecule has 12 heteroatoms. The van der Waals surface area contributed by atoms with Crippen molar-refractivity contribution in [3.05, 3.63) is 23.8 Å². The highest BCUT2D eigenvalue weighted by molar-refractivity contribution is 8.01. The summed E-state index contributed by atoms with van der Waals surface area (Å²) in [6, 6.07) is 2.94. The van der Waals surface area contributed by atoms with E-state index in [4.69, 9.17) is 9.47 Å². The van der Waals surface area contributed by atoms with Crippen molar-refractivity contribution in [3.8, 4) is 5.75 Å². The van der Waals surface area contributed by atoms with Crippen LogP contribution in [0.5, 0.6) is 5.75 Å². The summed E-state index contributed by atoms with van der Waals surface area (Å²) in [5.41, 5.74) is -0.929. The van der Waals surface area contributed by atoms with Crippen LogP contribution in [0.1, 0.15) is 25.3 Å². The predicted molar refractivity (Wildman–Crippen MR) is 111 cm³/mol. The number of carbonyl (C=O) groups excluding carboxylic acids is 1. The lowest BCUT2D eigenvalue weighted by Crippen LogP contribution is -2.16. The van der Waals surface area contributed by atoms with Gasteiger partial charge in [-0.3, -0.25) is 4.79 Å². The van der Waals surface area contributed by atoms with Gasteiger partial charge in [0.2, 0.25) is 11.0 Å². The monoisotopic (exact) mass is 464 g/mol. The first-order valence-corrected chi connectivity index (χ1v) is 11.0. The van der Waals surface area contributed by atoms with Gasteiger partial charge in [-0.25, -0.2) is 0 Å². The molecule has 0 aliphatic carbocycles. The molecule has 1 heterocycles. The SMILES string of the molecule is CCCCNc1nnc(SCC(=O)Nc2cc(C(F)(F)F)ccc2OCCOC)s1. The summed E-state index contributed by atoms with van der Waals surface area (Å²) in [5, 5.41) is 14.3. The average Bonchev–Trinajstić information content (AvgIpc) is 3.15. The Balaban J connectivity index is 1.98. The molecule has 7 nitrogen and oxygen atoms in total. The topological polar surface area (TPSA) is 85.4 Å². The van der Waals surface area contributed by atoms with Crippen molar-refractivity contribution in [2.24, 2.45) is 0 Å². The standard InChI is InChI=1S/C18H23F3N4O3S2/c1-3-4-7-22-16-24-25-17(30-16)29-11-15(26)23-13-10-12(18(19,20)21)5-6-14(13)28-9-8-27-2/h5-6,10H,3-4,7-9,11H2,1-2H3,(H,22,24)(H,23,26). The molecule has 0 saturated heterocycles. The van der Waals surface area contributed by atoms with Gasteiger partial charge in [-0.15, -0.1) is 10.2 Å². The third-order valence-corrected chi connectivity index (χ3v) is 5.68. The molecule has 0 radical (unpaired) electrons. The third-order valence-electron chi connectivity index (χ3n) is 3.67. The largest absolute Gasteiger partial charge is 0.489 e. The van der Waals surface area contributed by atoms with Gasteiger partial charge in [0.25, 0.3) is 0 Å². The summed E-state index contributed by atoms with van der Waals surface area (Å²) >= 11 is 2.47. The van der Waals surface area contributed by atoms with Gasteiger partial charge in [-0.05, 0) is 24.6 Å². The molecule has 2 rings (SSSR count). The van der Waals surface area contributed by atoms with Crippen molar-refractivity contribution in [3.63, 3.8) is 0 Å². The number of benzene rings is 1. The zero-order valence-electron chi connectivity index (χ0n) is 16.5. The van der Waals surface area contributed by atoms with Crippen molar-refractivity contribution in [1.82, 2.24) is 10.2 Å². The van der Waals surface area contributed by atoms with Crippen LogP contribution in [-0.2, 0) is 15.7 Å². The second kappa shape index (κ2) is 12.0. The van der Waals surface area contributed by atoms with Crippen LogP contribution in [0.15, 0.2) is 22.5 Å². The fraction of sp³-hybridized carbons (Fsp3) is 0.500. The van der Waals surface area contributed by atoms with Gasteiger partial charge in [-0.1, -0.05) is 36.4 Å². The van der Waals surface area contributed by atoms with Gasteiger partial charge in [0, 0.05) is 13.7 Å². The minimum Gasteiger partial charge on any atom is -0.489 e. The zero-order valence-corrected chi connectivity index (χ0v) is 18.2. The molecule has 166 valence electrons. The van der Waals surface area contributed by atoms with Gasteiger partial charge < -0.3 is 20.1 Å². The minimum absolute atomic E-state index is 0.0304.